The zero-order valence-corrected chi connectivity index (χ0v) is 17.7. The van der Waals surface area contributed by atoms with Crippen molar-refractivity contribution in [2.75, 3.05) is 0 Å². The smallest absolute Gasteiger partial charge is 0.310 e. The summed E-state index contributed by atoms with van der Waals surface area (Å²) in [5, 5.41) is 0. The molecule has 0 saturated heterocycles. The molecule has 0 radical (unpaired) electrons. The number of halogens is 2. The molecule has 4 rings (SSSR count). The zero-order chi connectivity index (χ0) is 19.9. The fourth-order valence-corrected chi connectivity index (χ4v) is 4.86. The highest BCUT2D eigenvalue weighted by molar-refractivity contribution is 6.55. The van der Waals surface area contributed by atoms with E-state index in [4.69, 9.17) is 27.9 Å². The minimum absolute atomic E-state index is 0.0322. The molecule has 2 aliphatic carbocycles. The van der Waals surface area contributed by atoms with Gasteiger partial charge in [-0.1, -0.05) is 79.5 Å². The van der Waals surface area contributed by atoms with Crippen LogP contribution in [-0.4, -0.2) is 5.97 Å². The molecule has 0 amide bonds. The number of hydrogen-bond donors (Lipinski definition) is 0. The third-order valence-electron chi connectivity index (χ3n) is 6.29. The highest BCUT2D eigenvalue weighted by atomic mass is 35.5. The van der Waals surface area contributed by atoms with Gasteiger partial charge in [0.25, 0.3) is 0 Å². The maximum atomic E-state index is 12.7. The van der Waals surface area contributed by atoms with Crippen LogP contribution in [-0.2, 0) is 29.0 Å². The lowest BCUT2D eigenvalue weighted by molar-refractivity contribution is -0.147. The van der Waals surface area contributed by atoms with Gasteiger partial charge in [0.05, 0.1) is 5.92 Å². The lowest BCUT2D eigenvalue weighted by Crippen LogP contribution is -2.11. The van der Waals surface area contributed by atoms with Crippen molar-refractivity contribution in [3.63, 3.8) is 0 Å². The quantitative estimate of drug-likeness (QED) is 0.535. The minimum Gasteiger partial charge on any atom is -0.461 e. The van der Waals surface area contributed by atoms with Gasteiger partial charge in [0.2, 0.25) is 0 Å². The first-order valence-electron chi connectivity index (χ1n) is 9.78. The van der Waals surface area contributed by atoms with Gasteiger partial charge in [0.15, 0.2) is 0 Å². The number of hydrogen-bond acceptors (Lipinski definition) is 2. The minimum atomic E-state index is -0.192. The van der Waals surface area contributed by atoms with Gasteiger partial charge in [-0.05, 0) is 64.5 Å². The van der Waals surface area contributed by atoms with E-state index in [9.17, 15) is 4.79 Å². The summed E-state index contributed by atoms with van der Waals surface area (Å²) in [6, 6.07) is 14.9. The Morgan fingerprint density at radius 1 is 1.11 bits per heavy atom. The first kappa shape index (κ1) is 19.5. The molecule has 2 aliphatic rings. The SMILES string of the molecule is CC1(C)C(C=C(Cl)Cl)C1C(=O)OCc1cccc2c1CCCc1ccccc1-2. The zero-order valence-electron chi connectivity index (χ0n) is 16.2. The normalized spacial score (nSPS) is 21.7. The molecule has 0 bridgehead atoms. The van der Waals surface area contributed by atoms with Crippen LogP contribution in [0.1, 0.15) is 37.0 Å². The molecule has 2 aromatic carbocycles. The van der Waals surface area contributed by atoms with Gasteiger partial charge in [0.1, 0.15) is 11.1 Å². The first-order chi connectivity index (χ1) is 13.4. The molecule has 2 nitrogen and oxygen atoms in total. The second kappa shape index (κ2) is 7.57. The van der Waals surface area contributed by atoms with Crippen molar-refractivity contribution in [3.8, 4) is 11.1 Å². The molecule has 1 saturated carbocycles. The molecular formula is C24H24Cl2O2. The Morgan fingerprint density at radius 2 is 1.86 bits per heavy atom. The van der Waals surface area contributed by atoms with Crippen LogP contribution in [0.15, 0.2) is 53.0 Å². The fraction of sp³-hybridized carbons (Fsp3) is 0.375. The van der Waals surface area contributed by atoms with Crippen LogP contribution in [0.3, 0.4) is 0 Å². The Labute approximate surface area is 176 Å². The van der Waals surface area contributed by atoms with E-state index in [0.717, 1.165) is 24.8 Å². The fourth-order valence-electron chi connectivity index (χ4n) is 4.59. The summed E-state index contributed by atoms with van der Waals surface area (Å²) < 4.78 is 5.95. The number of carbonyl (C=O) groups excluding carboxylic acids is 1. The molecule has 2 atom stereocenters. The van der Waals surface area contributed by atoms with Crippen molar-refractivity contribution in [1.29, 1.82) is 0 Å². The Balaban J connectivity index is 1.53. The standard InChI is InChI=1S/C24H24Cl2O2/c1-24(2)20(13-21(25)26)22(24)23(27)28-14-16-9-6-12-19-17-10-4-3-7-15(17)8-5-11-18(16)19/h3-4,6-7,9-10,12-13,20,22H,5,8,11,14H2,1-2H3. The van der Waals surface area contributed by atoms with E-state index in [1.54, 1.807) is 6.08 Å². The first-order valence-corrected chi connectivity index (χ1v) is 10.5. The molecule has 0 spiro atoms. The Kier molecular flexibility index (Phi) is 5.28. The molecular weight excluding hydrogens is 391 g/mol. The topological polar surface area (TPSA) is 26.3 Å². The van der Waals surface area contributed by atoms with Gasteiger partial charge in [-0.25, -0.2) is 0 Å². The number of benzene rings is 2. The van der Waals surface area contributed by atoms with Crippen molar-refractivity contribution in [2.45, 2.75) is 39.7 Å². The molecule has 28 heavy (non-hydrogen) atoms. The molecule has 0 heterocycles. The third kappa shape index (κ3) is 3.60. The van der Waals surface area contributed by atoms with Crippen molar-refractivity contribution < 1.29 is 9.53 Å². The maximum absolute atomic E-state index is 12.7. The summed E-state index contributed by atoms with van der Waals surface area (Å²) in [6.07, 6.45) is 4.93. The average Bonchev–Trinajstić information content (AvgIpc) is 3.26. The molecule has 4 heteroatoms. The van der Waals surface area contributed by atoms with E-state index in [-0.39, 0.29) is 27.7 Å². The molecule has 2 aromatic rings. The Morgan fingerprint density at radius 3 is 2.64 bits per heavy atom. The van der Waals surface area contributed by atoms with E-state index in [2.05, 4.69) is 42.5 Å². The number of aryl methyl sites for hydroxylation is 1. The highest BCUT2D eigenvalue weighted by Gasteiger charge is 2.61. The third-order valence-corrected chi connectivity index (χ3v) is 6.55. The second-order valence-electron chi connectivity index (χ2n) is 8.34. The summed E-state index contributed by atoms with van der Waals surface area (Å²) >= 11 is 11.6. The van der Waals surface area contributed by atoms with Crippen LogP contribution >= 0.6 is 23.2 Å². The highest BCUT2D eigenvalue weighted by Crippen LogP contribution is 2.60. The predicted molar refractivity (Wildman–Crippen MR) is 114 cm³/mol. The second-order valence-corrected chi connectivity index (χ2v) is 9.35. The summed E-state index contributed by atoms with van der Waals surface area (Å²) in [6.45, 7) is 4.40. The number of esters is 1. The van der Waals surface area contributed by atoms with Gasteiger partial charge >= 0.3 is 5.97 Å². The van der Waals surface area contributed by atoms with Crippen LogP contribution < -0.4 is 0 Å². The van der Waals surface area contributed by atoms with Gasteiger partial charge in [-0.15, -0.1) is 0 Å². The summed E-state index contributed by atoms with van der Waals surface area (Å²) in [5.74, 6) is -0.333. The van der Waals surface area contributed by atoms with E-state index in [0.29, 0.717) is 6.61 Å². The average molecular weight is 415 g/mol. The molecule has 0 N–H and O–H groups in total. The van der Waals surface area contributed by atoms with Crippen molar-refractivity contribution in [1.82, 2.24) is 0 Å². The monoisotopic (exact) mass is 414 g/mol. The van der Waals surface area contributed by atoms with Crippen molar-refractivity contribution >= 4 is 29.2 Å². The molecule has 0 aliphatic heterocycles. The van der Waals surface area contributed by atoms with Crippen LogP contribution in [0.4, 0.5) is 0 Å². The Bertz CT molecular complexity index is 941. The van der Waals surface area contributed by atoms with Gasteiger partial charge in [-0.3, -0.25) is 4.79 Å². The lowest BCUT2D eigenvalue weighted by Gasteiger charge is -2.14. The van der Waals surface area contributed by atoms with E-state index >= 15 is 0 Å². The predicted octanol–water partition coefficient (Wildman–Crippen LogP) is 6.48. The Hall–Kier alpha value is -1.77. The molecule has 0 aromatic heterocycles. The largest absolute Gasteiger partial charge is 0.461 e. The summed E-state index contributed by atoms with van der Waals surface area (Å²) in [4.78, 5) is 12.7. The molecule has 2 unspecified atom stereocenters. The van der Waals surface area contributed by atoms with Crippen LogP contribution in [0, 0.1) is 17.3 Å². The van der Waals surface area contributed by atoms with Crippen LogP contribution in [0.25, 0.3) is 11.1 Å². The number of allylic oxidation sites excluding steroid dienone is 1. The van der Waals surface area contributed by atoms with Crippen LogP contribution in [0.5, 0.6) is 0 Å². The van der Waals surface area contributed by atoms with Gasteiger partial charge in [-0.2, -0.15) is 0 Å². The number of ether oxygens (including phenoxy) is 1. The van der Waals surface area contributed by atoms with Gasteiger partial charge < -0.3 is 4.74 Å². The number of rotatable bonds is 4. The maximum Gasteiger partial charge on any atom is 0.310 e. The van der Waals surface area contributed by atoms with E-state index in [1.165, 1.54) is 22.3 Å². The van der Waals surface area contributed by atoms with E-state index < -0.39 is 0 Å². The van der Waals surface area contributed by atoms with Crippen LogP contribution in [0.2, 0.25) is 0 Å². The summed E-state index contributed by atoms with van der Waals surface area (Å²) in [7, 11) is 0. The molecule has 1 fully saturated rings. The summed E-state index contributed by atoms with van der Waals surface area (Å²) in [5.41, 5.74) is 6.19. The van der Waals surface area contributed by atoms with Gasteiger partial charge in [0, 0.05) is 0 Å². The van der Waals surface area contributed by atoms with Crippen molar-refractivity contribution in [2.24, 2.45) is 17.3 Å². The van der Waals surface area contributed by atoms with E-state index in [1.807, 2.05) is 13.8 Å². The number of fused-ring (bicyclic) bond motifs is 3. The van der Waals surface area contributed by atoms with Crippen molar-refractivity contribution in [3.05, 3.63) is 69.7 Å². The lowest BCUT2D eigenvalue weighted by atomic mass is 9.93. The number of carbonyl (C=O) groups is 1. The molecule has 146 valence electrons.